The van der Waals surface area contributed by atoms with Gasteiger partial charge in [0.05, 0.1) is 12.7 Å². The molecule has 1 fully saturated rings. The molecule has 1 saturated heterocycles. The van der Waals surface area contributed by atoms with Crippen molar-refractivity contribution < 1.29 is 13.9 Å². The van der Waals surface area contributed by atoms with E-state index in [9.17, 15) is 9.18 Å². The Labute approximate surface area is 141 Å². The first kappa shape index (κ1) is 16.6. The zero-order valence-corrected chi connectivity index (χ0v) is 13.5. The Kier molecular flexibility index (Phi) is 5.56. The lowest BCUT2D eigenvalue weighted by atomic mass is 10.1. The summed E-state index contributed by atoms with van der Waals surface area (Å²) in [6, 6.07) is 16.0. The molecule has 1 aliphatic heterocycles. The lowest BCUT2D eigenvalue weighted by molar-refractivity contribution is -0.0292. The summed E-state index contributed by atoms with van der Waals surface area (Å²) in [5.41, 5.74) is 1.59. The Morgan fingerprint density at radius 1 is 1.21 bits per heavy atom. The van der Waals surface area contributed by atoms with Crippen LogP contribution in [0.25, 0.3) is 0 Å². The molecule has 1 N–H and O–H groups in total. The van der Waals surface area contributed by atoms with Crippen molar-refractivity contribution in [1.29, 1.82) is 0 Å². The number of amides is 1. The fraction of sp³-hybridized carbons (Fsp3) is 0.316. The van der Waals surface area contributed by atoms with Crippen molar-refractivity contribution in [2.45, 2.75) is 12.6 Å². The molecule has 0 aromatic heterocycles. The maximum Gasteiger partial charge on any atom is 0.251 e. The van der Waals surface area contributed by atoms with Crippen LogP contribution in [-0.4, -0.2) is 43.2 Å². The Bertz CT molecular complexity index is 678. The van der Waals surface area contributed by atoms with Gasteiger partial charge in [0.15, 0.2) is 0 Å². The number of hydrogen-bond acceptors (Lipinski definition) is 3. The van der Waals surface area contributed by atoms with Crippen LogP contribution in [0.4, 0.5) is 4.39 Å². The lowest BCUT2D eigenvalue weighted by Crippen LogP contribution is -2.47. The van der Waals surface area contributed by atoms with Crippen molar-refractivity contribution in [3.63, 3.8) is 0 Å². The number of carbonyl (C=O) groups is 1. The number of ether oxygens (including phenoxy) is 1. The molecule has 1 atom stereocenters. The molecule has 1 aliphatic rings. The van der Waals surface area contributed by atoms with E-state index in [0.29, 0.717) is 18.7 Å². The number of rotatable bonds is 5. The first-order valence-corrected chi connectivity index (χ1v) is 8.12. The van der Waals surface area contributed by atoms with E-state index in [1.807, 2.05) is 18.2 Å². The number of halogens is 1. The van der Waals surface area contributed by atoms with Crippen molar-refractivity contribution in [2.24, 2.45) is 0 Å². The van der Waals surface area contributed by atoms with Crippen LogP contribution in [0.5, 0.6) is 0 Å². The van der Waals surface area contributed by atoms with Gasteiger partial charge in [-0.2, -0.15) is 0 Å². The number of morpholine rings is 1. The van der Waals surface area contributed by atoms with Crippen LogP contribution >= 0.6 is 0 Å². The summed E-state index contributed by atoms with van der Waals surface area (Å²) in [5, 5.41) is 2.82. The summed E-state index contributed by atoms with van der Waals surface area (Å²) in [5.74, 6) is -0.691. The molecule has 0 spiro atoms. The van der Waals surface area contributed by atoms with E-state index in [0.717, 1.165) is 19.6 Å². The molecule has 4 nitrogen and oxygen atoms in total. The van der Waals surface area contributed by atoms with Crippen molar-refractivity contribution in [3.05, 3.63) is 71.5 Å². The molecule has 24 heavy (non-hydrogen) atoms. The molecule has 1 unspecified atom stereocenters. The molecule has 0 aliphatic carbocycles. The maximum absolute atomic E-state index is 13.2. The maximum atomic E-state index is 13.2. The number of benzene rings is 2. The van der Waals surface area contributed by atoms with E-state index in [2.05, 4.69) is 22.3 Å². The topological polar surface area (TPSA) is 41.6 Å². The average Bonchev–Trinajstić information content (AvgIpc) is 2.61. The van der Waals surface area contributed by atoms with E-state index in [1.54, 1.807) is 6.07 Å². The SMILES string of the molecule is O=C(NCC1CN(Cc2ccccc2)CCO1)c1cccc(F)c1. The van der Waals surface area contributed by atoms with Gasteiger partial charge in [0, 0.05) is 31.7 Å². The zero-order chi connectivity index (χ0) is 16.8. The van der Waals surface area contributed by atoms with E-state index in [4.69, 9.17) is 4.74 Å². The molecule has 1 amide bonds. The van der Waals surface area contributed by atoms with Gasteiger partial charge in [-0.1, -0.05) is 36.4 Å². The highest BCUT2D eigenvalue weighted by Gasteiger charge is 2.21. The molecule has 3 rings (SSSR count). The second-order valence-electron chi connectivity index (χ2n) is 5.93. The molecule has 0 radical (unpaired) electrons. The summed E-state index contributed by atoms with van der Waals surface area (Å²) in [6.07, 6.45) is -0.0556. The largest absolute Gasteiger partial charge is 0.374 e. The minimum atomic E-state index is -0.411. The number of hydrogen-bond donors (Lipinski definition) is 1. The molecular formula is C19H21FN2O2. The van der Waals surface area contributed by atoms with Gasteiger partial charge in [0.1, 0.15) is 5.82 Å². The van der Waals surface area contributed by atoms with Crippen LogP contribution in [0.1, 0.15) is 15.9 Å². The quantitative estimate of drug-likeness (QED) is 0.917. The van der Waals surface area contributed by atoms with Crippen LogP contribution in [0.3, 0.4) is 0 Å². The predicted octanol–water partition coefficient (Wildman–Crippen LogP) is 2.46. The van der Waals surface area contributed by atoms with Crippen LogP contribution < -0.4 is 5.32 Å². The Morgan fingerprint density at radius 3 is 2.83 bits per heavy atom. The monoisotopic (exact) mass is 328 g/mol. The van der Waals surface area contributed by atoms with Crippen LogP contribution in [-0.2, 0) is 11.3 Å². The van der Waals surface area contributed by atoms with E-state index >= 15 is 0 Å². The second kappa shape index (κ2) is 8.04. The van der Waals surface area contributed by atoms with E-state index < -0.39 is 5.82 Å². The highest BCUT2D eigenvalue weighted by atomic mass is 19.1. The molecule has 0 bridgehead atoms. The summed E-state index contributed by atoms with van der Waals surface area (Å²) in [7, 11) is 0. The van der Waals surface area contributed by atoms with Gasteiger partial charge >= 0.3 is 0 Å². The standard InChI is InChI=1S/C19H21FN2O2/c20-17-8-4-7-16(11-17)19(23)21-12-18-14-22(9-10-24-18)13-15-5-2-1-3-6-15/h1-8,11,18H,9-10,12-14H2,(H,21,23). The molecule has 126 valence electrons. The second-order valence-corrected chi connectivity index (χ2v) is 5.93. The van der Waals surface area contributed by atoms with Crippen LogP contribution in [0.2, 0.25) is 0 Å². The van der Waals surface area contributed by atoms with Gasteiger partial charge in [-0.3, -0.25) is 9.69 Å². The normalized spacial score (nSPS) is 18.3. The molecule has 5 heteroatoms. The fourth-order valence-electron chi connectivity index (χ4n) is 2.83. The predicted molar refractivity (Wildman–Crippen MR) is 90.2 cm³/mol. The molecule has 0 saturated carbocycles. The Balaban J connectivity index is 1.49. The molecule has 1 heterocycles. The number of carbonyl (C=O) groups excluding carboxylic acids is 1. The van der Waals surface area contributed by atoms with Crippen molar-refractivity contribution in [2.75, 3.05) is 26.2 Å². The summed E-state index contributed by atoms with van der Waals surface area (Å²) in [4.78, 5) is 14.4. The van der Waals surface area contributed by atoms with E-state index in [-0.39, 0.29) is 12.0 Å². The fourth-order valence-corrected chi connectivity index (χ4v) is 2.83. The first-order valence-electron chi connectivity index (χ1n) is 8.12. The number of nitrogens with zero attached hydrogens (tertiary/aromatic N) is 1. The molecule has 2 aromatic rings. The van der Waals surface area contributed by atoms with Gasteiger partial charge < -0.3 is 10.1 Å². The third kappa shape index (κ3) is 4.63. The van der Waals surface area contributed by atoms with Crippen molar-refractivity contribution >= 4 is 5.91 Å². The summed E-state index contributed by atoms with van der Waals surface area (Å²) < 4.78 is 18.9. The zero-order valence-electron chi connectivity index (χ0n) is 13.5. The first-order chi connectivity index (χ1) is 11.7. The summed E-state index contributed by atoms with van der Waals surface area (Å²) in [6.45, 7) is 3.58. The van der Waals surface area contributed by atoms with E-state index in [1.165, 1.54) is 23.8 Å². The van der Waals surface area contributed by atoms with Gasteiger partial charge in [-0.25, -0.2) is 4.39 Å². The minimum Gasteiger partial charge on any atom is -0.374 e. The Hall–Kier alpha value is -2.24. The smallest absolute Gasteiger partial charge is 0.251 e. The third-order valence-electron chi connectivity index (χ3n) is 4.05. The van der Waals surface area contributed by atoms with Gasteiger partial charge in [0.2, 0.25) is 0 Å². The Morgan fingerprint density at radius 2 is 2.04 bits per heavy atom. The van der Waals surface area contributed by atoms with Gasteiger partial charge in [0.25, 0.3) is 5.91 Å². The van der Waals surface area contributed by atoms with Crippen LogP contribution in [0.15, 0.2) is 54.6 Å². The highest BCUT2D eigenvalue weighted by Crippen LogP contribution is 2.10. The molecular weight excluding hydrogens is 307 g/mol. The minimum absolute atomic E-state index is 0.0556. The third-order valence-corrected chi connectivity index (χ3v) is 4.05. The van der Waals surface area contributed by atoms with Gasteiger partial charge in [-0.05, 0) is 23.8 Å². The highest BCUT2D eigenvalue weighted by molar-refractivity contribution is 5.94. The van der Waals surface area contributed by atoms with Crippen LogP contribution in [0, 0.1) is 5.82 Å². The van der Waals surface area contributed by atoms with Gasteiger partial charge in [-0.15, -0.1) is 0 Å². The lowest BCUT2D eigenvalue weighted by Gasteiger charge is -2.33. The molecule has 2 aromatic carbocycles. The van der Waals surface area contributed by atoms with Crippen molar-refractivity contribution in [3.8, 4) is 0 Å². The summed E-state index contributed by atoms with van der Waals surface area (Å²) >= 11 is 0. The van der Waals surface area contributed by atoms with Crippen molar-refractivity contribution in [1.82, 2.24) is 10.2 Å². The number of nitrogens with one attached hydrogen (secondary N) is 1. The average molecular weight is 328 g/mol.